The molecule has 75 heavy (non-hydrogen) atoms. The van der Waals surface area contributed by atoms with Crippen molar-refractivity contribution in [2.75, 3.05) is 14.7 Å². The summed E-state index contributed by atoms with van der Waals surface area (Å²) in [6.07, 6.45) is 4.68. The van der Waals surface area contributed by atoms with Crippen molar-refractivity contribution in [2.24, 2.45) is 0 Å². The Morgan fingerprint density at radius 3 is 1.56 bits per heavy atom. The normalized spacial score (nSPS) is 18.4. The molecule has 5 aliphatic rings. The fourth-order valence-corrected chi connectivity index (χ4v) is 14.4. The topological polar surface area (TPSA) is 9.72 Å². The third-order valence-corrected chi connectivity index (χ3v) is 19.1. The second kappa shape index (κ2) is 16.1. The summed E-state index contributed by atoms with van der Waals surface area (Å²) in [6.45, 7) is 31.9. The van der Waals surface area contributed by atoms with Crippen LogP contribution in [0.25, 0.3) is 11.1 Å². The number of para-hydroxylation sites is 2. The third kappa shape index (κ3) is 7.13. The van der Waals surface area contributed by atoms with E-state index in [2.05, 4.69) is 269 Å². The molecule has 0 aromatic heterocycles. The monoisotopic (exact) mass is 980 g/mol. The van der Waals surface area contributed by atoms with Crippen LogP contribution in [-0.4, -0.2) is 6.71 Å². The van der Waals surface area contributed by atoms with Gasteiger partial charge in [0.1, 0.15) is 0 Å². The van der Waals surface area contributed by atoms with Gasteiger partial charge in [0.25, 0.3) is 6.71 Å². The highest BCUT2D eigenvalue weighted by atomic mass is 15.2. The lowest BCUT2D eigenvalue weighted by Gasteiger charge is -2.48. The molecule has 0 bridgehead atoms. The predicted octanol–water partition coefficient (Wildman–Crippen LogP) is 17.5. The maximum absolute atomic E-state index is 2.73. The van der Waals surface area contributed by atoms with Crippen LogP contribution in [0, 0.1) is 0 Å². The highest BCUT2D eigenvalue weighted by molar-refractivity contribution is 7.00. The van der Waals surface area contributed by atoms with Gasteiger partial charge in [-0.15, -0.1) is 0 Å². The van der Waals surface area contributed by atoms with Crippen molar-refractivity contribution in [2.45, 2.75) is 148 Å². The van der Waals surface area contributed by atoms with E-state index in [-0.39, 0.29) is 39.2 Å². The van der Waals surface area contributed by atoms with Gasteiger partial charge in [-0.3, -0.25) is 0 Å². The van der Waals surface area contributed by atoms with Gasteiger partial charge in [0.2, 0.25) is 0 Å². The smallest absolute Gasteiger partial charge is 0.252 e. The molecule has 8 aromatic carbocycles. The molecule has 3 nitrogen and oxygen atoms in total. The highest BCUT2D eigenvalue weighted by Crippen LogP contribution is 2.57. The van der Waals surface area contributed by atoms with Crippen LogP contribution >= 0.6 is 0 Å². The summed E-state index contributed by atoms with van der Waals surface area (Å²) < 4.78 is 0. The second-order valence-electron chi connectivity index (χ2n) is 27.1. The van der Waals surface area contributed by atoms with E-state index in [0.29, 0.717) is 0 Å². The number of hydrogen-bond donors (Lipinski definition) is 0. The first kappa shape index (κ1) is 47.9. The van der Waals surface area contributed by atoms with E-state index >= 15 is 0 Å². The SMILES string of the molecule is CC(C)(C)c1cc2c3c(c1)N(c1cccc4c1-c1ccccc1C4(C)C)c1cc(N(c4ccccc4)c4ccccc4)ccc1B3c1cc3c(cc1N2c1ccc2c(c1)C(C)(C)CCC2(C)C)C(C)(C)CCC3(C)C. The van der Waals surface area contributed by atoms with Crippen LogP contribution in [0.5, 0.6) is 0 Å². The lowest BCUT2D eigenvalue weighted by atomic mass is 9.33. The molecule has 0 saturated carbocycles. The van der Waals surface area contributed by atoms with Gasteiger partial charge in [-0.2, -0.15) is 0 Å². The van der Waals surface area contributed by atoms with E-state index in [0.717, 1.165) is 29.9 Å². The average Bonchev–Trinajstić information content (AvgIpc) is 3.62. The summed E-state index contributed by atoms with van der Waals surface area (Å²) in [5.74, 6) is 0. The fourth-order valence-electron chi connectivity index (χ4n) is 14.4. The number of anilines is 9. The maximum Gasteiger partial charge on any atom is 0.252 e. The molecule has 0 atom stereocenters. The van der Waals surface area contributed by atoms with E-state index in [1.165, 1.54) is 113 Å². The van der Waals surface area contributed by atoms with Gasteiger partial charge in [0.15, 0.2) is 0 Å². The Morgan fingerprint density at radius 2 is 0.933 bits per heavy atom. The molecule has 0 fully saturated rings. The minimum atomic E-state index is -0.167. The lowest BCUT2D eigenvalue weighted by molar-refractivity contribution is 0.332. The van der Waals surface area contributed by atoms with Gasteiger partial charge in [0, 0.05) is 56.5 Å². The van der Waals surface area contributed by atoms with Crippen molar-refractivity contribution in [3.63, 3.8) is 0 Å². The molecule has 13 rings (SSSR count). The molecule has 8 aromatic rings. The van der Waals surface area contributed by atoms with Crippen LogP contribution in [0.2, 0.25) is 0 Å². The van der Waals surface area contributed by atoms with Gasteiger partial charge in [-0.05, 0) is 186 Å². The van der Waals surface area contributed by atoms with E-state index in [1.807, 2.05) is 0 Å². The van der Waals surface area contributed by atoms with Crippen molar-refractivity contribution >= 4 is 74.3 Å². The first-order valence-corrected chi connectivity index (χ1v) is 28.0. The fraction of sp³-hybridized carbons (Fsp3) is 0.324. The minimum absolute atomic E-state index is 0.0232. The number of rotatable bonds is 5. The van der Waals surface area contributed by atoms with Crippen LogP contribution in [0.1, 0.15) is 155 Å². The Kier molecular flexibility index (Phi) is 10.3. The molecular weight excluding hydrogens is 906 g/mol. The highest BCUT2D eigenvalue weighted by Gasteiger charge is 2.49. The van der Waals surface area contributed by atoms with E-state index < -0.39 is 0 Å². The van der Waals surface area contributed by atoms with Crippen molar-refractivity contribution < 1.29 is 0 Å². The zero-order valence-corrected chi connectivity index (χ0v) is 46.8. The molecule has 0 saturated heterocycles. The molecule has 0 spiro atoms. The van der Waals surface area contributed by atoms with Crippen LogP contribution in [0.3, 0.4) is 0 Å². The number of benzene rings is 8. The first-order chi connectivity index (χ1) is 35.6. The van der Waals surface area contributed by atoms with Gasteiger partial charge >= 0.3 is 0 Å². The molecule has 2 aliphatic heterocycles. The summed E-state index contributed by atoms with van der Waals surface area (Å²) in [7, 11) is 0. The first-order valence-electron chi connectivity index (χ1n) is 28.0. The van der Waals surface area contributed by atoms with Crippen LogP contribution < -0.4 is 31.1 Å². The lowest BCUT2D eigenvalue weighted by Crippen LogP contribution is -2.62. The largest absolute Gasteiger partial charge is 0.311 e. The molecule has 3 aliphatic carbocycles. The van der Waals surface area contributed by atoms with Crippen molar-refractivity contribution in [1.29, 1.82) is 0 Å². The van der Waals surface area contributed by atoms with Crippen LogP contribution in [0.15, 0.2) is 164 Å². The average molecular weight is 980 g/mol. The van der Waals surface area contributed by atoms with E-state index in [4.69, 9.17) is 0 Å². The zero-order chi connectivity index (χ0) is 52.4. The molecule has 2 heterocycles. The van der Waals surface area contributed by atoms with Gasteiger partial charge in [-0.25, -0.2) is 0 Å². The van der Waals surface area contributed by atoms with E-state index in [9.17, 15) is 0 Å². The molecule has 0 unspecified atom stereocenters. The third-order valence-electron chi connectivity index (χ3n) is 19.1. The number of fused-ring (bicyclic) bond motifs is 9. The molecule has 4 heteroatoms. The quantitative estimate of drug-likeness (QED) is 0.159. The Hall–Kier alpha value is -6.78. The van der Waals surface area contributed by atoms with Gasteiger partial charge in [0.05, 0.1) is 5.69 Å². The van der Waals surface area contributed by atoms with Crippen LogP contribution in [-0.2, 0) is 32.5 Å². The summed E-state index contributed by atoms with van der Waals surface area (Å²) in [4.78, 5) is 7.88. The predicted molar refractivity (Wildman–Crippen MR) is 322 cm³/mol. The number of nitrogens with zero attached hydrogens (tertiary/aromatic N) is 3. The molecule has 0 radical (unpaired) electrons. The second-order valence-corrected chi connectivity index (χ2v) is 27.1. The Morgan fingerprint density at radius 1 is 0.400 bits per heavy atom. The van der Waals surface area contributed by atoms with Crippen molar-refractivity contribution in [3.05, 3.63) is 203 Å². The maximum atomic E-state index is 2.73. The summed E-state index contributed by atoms with van der Waals surface area (Å²) in [6, 6.07) is 63.7. The summed E-state index contributed by atoms with van der Waals surface area (Å²) in [5.41, 5.74) is 27.7. The Balaban J connectivity index is 1.18. The van der Waals surface area contributed by atoms with Crippen LogP contribution in [0.4, 0.5) is 51.2 Å². The van der Waals surface area contributed by atoms with Crippen molar-refractivity contribution in [3.8, 4) is 11.1 Å². The minimum Gasteiger partial charge on any atom is -0.311 e. The zero-order valence-electron chi connectivity index (χ0n) is 46.8. The number of hydrogen-bond acceptors (Lipinski definition) is 3. The molecule has 0 amide bonds. The summed E-state index contributed by atoms with van der Waals surface area (Å²) in [5, 5.41) is 0. The Bertz CT molecular complexity index is 3600. The molecular formula is C71H74BN3. The van der Waals surface area contributed by atoms with Gasteiger partial charge < -0.3 is 14.7 Å². The van der Waals surface area contributed by atoms with Gasteiger partial charge in [-0.1, -0.05) is 181 Å². The molecule has 0 N–H and O–H groups in total. The van der Waals surface area contributed by atoms with E-state index in [1.54, 1.807) is 0 Å². The summed E-state index contributed by atoms with van der Waals surface area (Å²) >= 11 is 0. The molecule has 376 valence electrons. The van der Waals surface area contributed by atoms with Crippen molar-refractivity contribution in [1.82, 2.24) is 0 Å². The Labute approximate surface area is 448 Å². The standard InChI is InChI=1S/C71H74BN3/c1-66(2,3)45-39-62-65-63(40-45)75(59-30-22-29-53-64(59)50-27-20-21-28-51(50)71(53,12)13)60-42-49(73(46-23-16-14-17-24-46)47-25-18-15-19-26-47)32-34-57(60)72(65)58-43-55-56(70(10,11)38-37-69(55,8)9)44-61(58)74(62)48-31-33-52-54(41-48)68(6,7)36-35-67(52,4)5/h14-34,39-44H,35-38H2,1-13H3.